The van der Waals surface area contributed by atoms with E-state index in [0.717, 1.165) is 10.9 Å². The van der Waals surface area contributed by atoms with Crippen LogP contribution >= 0.6 is 11.6 Å². The Morgan fingerprint density at radius 1 is 1.18 bits per heavy atom. The Morgan fingerprint density at radius 2 is 2.09 bits per heavy atom. The van der Waals surface area contributed by atoms with Crippen LogP contribution in [0, 0.1) is 0 Å². The molecular weight excluding hydrogens is 162 g/mol. The molecule has 11 heavy (non-hydrogen) atoms. The lowest BCUT2D eigenvalue weighted by Gasteiger charge is -1.93. The smallest absolute Gasteiger partial charge is 0.131 e. The first-order valence-electron chi connectivity index (χ1n) is 3.07. The van der Waals surface area contributed by atoms with E-state index in [2.05, 4.69) is 15.0 Å². The summed E-state index contributed by atoms with van der Waals surface area (Å²) in [5.74, 6) is 0. The highest BCUT2D eigenvalue weighted by atomic mass is 35.5. The molecule has 3 nitrogen and oxygen atoms in total. The topological polar surface area (TPSA) is 38.7 Å². The Hall–Kier alpha value is -1.22. The molecule has 0 aromatic carbocycles. The molecule has 0 spiro atoms. The summed E-state index contributed by atoms with van der Waals surface area (Å²) in [4.78, 5) is 11.7. The molecular formula is C7H4ClN3. The summed E-state index contributed by atoms with van der Waals surface area (Å²) < 4.78 is 0. The van der Waals surface area contributed by atoms with Crippen molar-refractivity contribution in [3.05, 3.63) is 29.9 Å². The van der Waals surface area contributed by atoms with E-state index in [1.54, 1.807) is 18.5 Å². The summed E-state index contributed by atoms with van der Waals surface area (Å²) in [6.07, 6.45) is 4.84. The van der Waals surface area contributed by atoms with Crippen molar-refractivity contribution in [2.45, 2.75) is 0 Å². The lowest BCUT2D eigenvalue weighted by atomic mass is 10.3. The van der Waals surface area contributed by atoms with Gasteiger partial charge in [-0.3, -0.25) is 0 Å². The van der Waals surface area contributed by atoms with Crippen LogP contribution in [0.4, 0.5) is 0 Å². The first-order chi connectivity index (χ1) is 5.36. The second kappa shape index (κ2) is 2.43. The standard InChI is InChI=1S/C7H4ClN3/c8-7-1-6-5(3-10-7)2-9-4-11-6/h1-4H. The monoisotopic (exact) mass is 165 g/mol. The van der Waals surface area contributed by atoms with E-state index in [1.807, 2.05) is 0 Å². The Kier molecular flexibility index (Phi) is 1.43. The van der Waals surface area contributed by atoms with Crippen molar-refractivity contribution < 1.29 is 0 Å². The lowest BCUT2D eigenvalue weighted by molar-refractivity contribution is 1.21. The molecule has 2 rings (SSSR count). The van der Waals surface area contributed by atoms with Crippen molar-refractivity contribution in [1.29, 1.82) is 0 Å². The van der Waals surface area contributed by atoms with E-state index >= 15 is 0 Å². The molecule has 0 aliphatic rings. The summed E-state index contributed by atoms with van der Waals surface area (Å²) in [6.45, 7) is 0. The number of halogens is 1. The molecule has 0 N–H and O–H groups in total. The number of nitrogens with zero attached hydrogens (tertiary/aromatic N) is 3. The molecule has 0 fully saturated rings. The molecule has 0 aliphatic carbocycles. The molecule has 4 heteroatoms. The molecule has 0 aliphatic heterocycles. The molecule has 54 valence electrons. The minimum Gasteiger partial charge on any atom is -0.244 e. The van der Waals surface area contributed by atoms with Crippen molar-refractivity contribution in [3.8, 4) is 0 Å². The molecule has 2 aromatic heterocycles. The van der Waals surface area contributed by atoms with Gasteiger partial charge < -0.3 is 0 Å². The van der Waals surface area contributed by atoms with Gasteiger partial charge in [0.05, 0.1) is 5.52 Å². The Balaban J connectivity index is 2.83. The first-order valence-corrected chi connectivity index (χ1v) is 3.45. The van der Waals surface area contributed by atoms with Gasteiger partial charge in [-0.1, -0.05) is 11.6 Å². The predicted molar refractivity (Wildman–Crippen MR) is 42.3 cm³/mol. The summed E-state index contributed by atoms with van der Waals surface area (Å²) in [6, 6.07) is 1.71. The highest BCUT2D eigenvalue weighted by molar-refractivity contribution is 6.29. The van der Waals surface area contributed by atoms with E-state index in [4.69, 9.17) is 11.6 Å². The van der Waals surface area contributed by atoms with Crippen LogP contribution in [0.15, 0.2) is 24.8 Å². The van der Waals surface area contributed by atoms with Crippen molar-refractivity contribution in [1.82, 2.24) is 15.0 Å². The fraction of sp³-hybridized carbons (Fsp3) is 0. The zero-order valence-electron chi connectivity index (χ0n) is 5.53. The van der Waals surface area contributed by atoms with Gasteiger partial charge in [0.2, 0.25) is 0 Å². The number of hydrogen-bond donors (Lipinski definition) is 0. The van der Waals surface area contributed by atoms with Gasteiger partial charge in [-0.25, -0.2) is 15.0 Å². The van der Waals surface area contributed by atoms with Gasteiger partial charge >= 0.3 is 0 Å². The van der Waals surface area contributed by atoms with E-state index in [9.17, 15) is 0 Å². The van der Waals surface area contributed by atoms with Gasteiger partial charge in [-0.2, -0.15) is 0 Å². The van der Waals surface area contributed by atoms with E-state index in [-0.39, 0.29) is 0 Å². The van der Waals surface area contributed by atoms with Gasteiger partial charge in [0, 0.05) is 23.8 Å². The fourth-order valence-corrected chi connectivity index (χ4v) is 1.00. The number of aromatic nitrogens is 3. The molecule has 0 saturated carbocycles. The maximum Gasteiger partial charge on any atom is 0.131 e. The maximum atomic E-state index is 5.65. The van der Waals surface area contributed by atoms with Crippen LogP contribution in [-0.4, -0.2) is 15.0 Å². The van der Waals surface area contributed by atoms with E-state index in [0.29, 0.717) is 5.15 Å². The number of rotatable bonds is 0. The number of pyridine rings is 1. The number of fused-ring (bicyclic) bond motifs is 1. The average Bonchev–Trinajstić information content (AvgIpc) is 2.04. The summed E-state index contributed by atoms with van der Waals surface area (Å²) in [5, 5.41) is 1.35. The van der Waals surface area contributed by atoms with Crippen LogP contribution in [0.3, 0.4) is 0 Å². The molecule has 0 radical (unpaired) electrons. The maximum absolute atomic E-state index is 5.65. The van der Waals surface area contributed by atoms with Gasteiger partial charge in [-0.05, 0) is 0 Å². The SMILES string of the molecule is Clc1cc2ncncc2cn1. The zero-order chi connectivity index (χ0) is 7.68. The van der Waals surface area contributed by atoms with Crippen molar-refractivity contribution in [2.24, 2.45) is 0 Å². The molecule has 0 bridgehead atoms. The van der Waals surface area contributed by atoms with Crippen LogP contribution in [-0.2, 0) is 0 Å². The predicted octanol–water partition coefficient (Wildman–Crippen LogP) is 1.68. The van der Waals surface area contributed by atoms with Crippen LogP contribution in [0.25, 0.3) is 10.9 Å². The third kappa shape index (κ3) is 1.14. The van der Waals surface area contributed by atoms with Crippen molar-refractivity contribution >= 4 is 22.5 Å². The summed E-state index contributed by atoms with van der Waals surface area (Å²) in [7, 11) is 0. The Labute approximate surface area is 68.1 Å². The average molecular weight is 166 g/mol. The fourth-order valence-electron chi connectivity index (χ4n) is 0.851. The first kappa shape index (κ1) is 6.49. The van der Waals surface area contributed by atoms with E-state index < -0.39 is 0 Å². The minimum atomic E-state index is 0.455. The van der Waals surface area contributed by atoms with Crippen LogP contribution < -0.4 is 0 Å². The Bertz CT molecular complexity index is 388. The highest BCUT2D eigenvalue weighted by Gasteiger charge is 1.94. The normalized spacial score (nSPS) is 10.3. The van der Waals surface area contributed by atoms with Crippen molar-refractivity contribution in [3.63, 3.8) is 0 Å². The second-order valence-electron chi connectivity index (χ2n) is 2.09. The minimum absolute atomic E-state index is 0.455. The molecule has 2 aromatic rings. The van der Waals surface area contributed by atoms with Gasteiger partial charge in [-0.15, -0.1) is 0 Å². The third-order valence-electron chi connectivity index (χ3n) is 1.36. The largest absolute Gasteiger partial charge is 0.244 e. The van der Waals surface area contributed by atoms with E-state index in [1.165, 1.54) is 6.33 Å². The zero-order valence-corrected chi connectivity index (χ0v) is 6.28. The third-order valence-corrected chi connectivity index (χ3v) is 1.56. The van der Waals surface area contributed by atoms with Crippen LogP contribution in [0.5, 0.6) is 0 Å². The molecule has 2 heterocycles. The molecule has 0 atom stereocenters. The van der Waals surface area contributed by atoms with Crippen molar-refractivity contribution in [2.75, 3.05) is 0 Å². The highest BCUT2D eigenvalue weighted by Crippen LogP contribution is 2.11. The summed E-state index contributed by atoms with van der Waals surface area (Å²) in [5.41, 5.74) is 0.819. The Morgan fingerprint density at radius 3 is 3.00 bits per heavy atom. The second-order valence-corrected chi connectivity index (χ2v) is 2.48. The lowest BCUT2D eigenvalue weighted by Crippen LogP contribution is -1.82. The quantitative estimate of drug-likeness (QED) is 0.558. The van der Waals surface area contributed by atoms with Crippen LogP contribution in [0.2, 0.25) is 5.15 Å². The molecule has 0 unspecified atom stereocenters. The van der Waals surface area contributed by atoms with Gasteiger partial charge in [0.1, 0.15) is 11.5 Å². The van der Waals surface area contributed by atoms with Gasteiger partial charge in [0.15, 0.2) is 0 Å². The van der Waals surface area contributed by atoms with Gasteiger partial charge in [0.25, 0.3) is 0 Å². The molecule has 0 saturated heterocycles. The number of hydrogen-bond acceptors (Lipinski definition) is 3. The molecule has 0 amide bonds. The van der Waals surface area contributed by atoms with Crippen LogP contribution in [0.1, 0.15) is 0 Å². The summed E-state index contributed by atoms with van der Waals surface area (Å²) >= 11 is 5.65.